The Bertz CT molecular complexity index is 940. The van der Waals surface area contributed by atoms with E-state index in [1.807, 2.05) is 0 Å². The molecule has 0 radical (unpaired) electrons. The van der Waals surface area contributed by atoms with Crippen LogP contribution in [0.3, 0.4) is 0 Å². The second-order valence-corrected chi connectivity index (χ2v) is 6.99. The number of halogens is 2. The van der Waals surface area contributed by atoms with Crippen LogP contribution >= 0.6 is 23.2 Å². The van der Waals surface area contributed by atoms with Gasteiger partial charge in [-0.1, -0.05) is 23.2 Å². The number of rotatable bonds is 3. The Morgan fingerprint density at radius 3 is 2.73 bits per heavy atom. The second-order valence-electron chi connectivity index (χ2n) is 6.15. The van der Waals surface area contributed by atoms with E-state index in [2.05, 4.69) is 5.32 Å². The molecular formula is C18H17Cl2N3O3. The maximum Gasteiger partial charge on any atom is 0.253 e. The number of fused-ring (bicyclic) bond motifs is 1. The first-order chi connectivity index (χ1) is 12.3. The lowest BCUT2D eigenvalue weighted by atomic mass is 10.0. The van der Waals surface area contributed by atoms with Crippen molar-refractivity contribution in [2.75, 3.05) is 13.1 Å². The molecule has 8 heteroatoms. The minimum Gasteiger partial charge on any atom is -0.343 e. The number of hydrogen-bond acceptors (Lipinski definition) is 3. The Balaban J connectivity index is 1.64. The molecule has 2 amide bonds. The van der Waals surface area contributed by atoms with Crippen molar-refractivity contribution in [2.24, 2.45) is 7.05 Å². The van der Waals surface area contributed by atoms with Gasteiger partial charge in [0.05, 0.1) is 17.1 Å². The Morgan fingerprint density at radius 1 is 1.19 bits per heavy atom. The third-order valence-electron chi connectivity index (χ3n) is 4.35. The monoisotopic (exact) mass is 393 g/mol. The first-order valence-corrected chi connectivity index (χ1v) is 8.80. The van der Waals surface area contributed by atoms with E-state index in [0.29, 0.717) is 24.5 Å². The fourth-order valence-corrected chi connectivity index (χ4v) is 3.26. The van der Waals surface area contributed by atoms with Gasteiger partial charge in [-0.25, -0.2) is 0 Å². The third kappa shape index (κ3) is 3.92. The zero-order valence-corrected chi connectivity index (χ0v) is 15.6. The van der Waals surface area contributed by atoms with Crippen molar-refractivity contribution in [2.45, 2.75) is 13.0 Å². The molecular weight excluding hydrogens is 377 g/mol. The number of nitrogens with zero attached hydrogens (tertiary/aromatic N) is 2. The highest BCUT2D eigenvalue weighted by molar-refractivity contribution is 6.35. The molecule has 2 aromatic rings. The summed E-state index contributed by atoms with van der Waals surface area (Å²) in [5.41, 5.74) is 2.07. The zero-order chi connectivity index (χ0) is 18.8. The minimum absolute atomic E-state index is 0.0609. The molecule has 1 aromatic carbocycles. The molecule has 0 bridgehead atoms. The zero-order valence-electron chi connectivity index (χ0n) is 14.1. The van der Waals surface area contributed by atoms with E-state index in [4.69, 9.17) is 23.2 Å². The number of aromatic nitrogens is 1. The quantitative estimate of drug-likeness (QED) is 0.866. The predicted molar refractivity (Wildman–Crippen MR) is 99.6 cm³/mol. The molecule has 0 saturated heterocycles. The Kier molecular flexibility index (Phi) is 5.34. The Hall–Kier alpha value is -2.31. The molecule has 0 spiro atoms. The van der Waals surface area contributed by atoms with Crippen LogP contribution in [-0.4, -0.2) is 34.4 Å². The van der Waals surface area contributed by atoms with Crippen LogP contribution in [0.15, 0.2) is 35.3 Å². The van der Waals surface area contributed by atoms with Crippen LogP contribution in [0.1, 0.15) is 21.5 Å². The first kappa shape index (κ1) is 18.5. The van der Waals surface area contributed by atoms with Gasteiger partial charge in [-0.3, -0.25) is 14.4 Å². The van der Waals surface area contributed by atoms with Gasteiger partial charge in [0.2, 0.25) is 5.91 Å². The summed E-state index contributed by atoms with van der Waals surface area (Å²) in [6, 6.07) is 6.19. The van der Waals surface area contributed by atoms with Gasteiger partial charge in [0, 0.05) is 37.4 Å². The van der Waals surface area contributed by atoms with Crippen LogP contribution < -0.4 is 10.9 Å². The van der Waals surface area contributed by atoms with Crippen molar-refractivity contribution in [3.63, 3.8) is 0 Å². The highest BCUT2D eigenvalue weighted by Gasteiger charge is 2.22. The lowest BCUT2D eigenvalue weighted by Crippen LogP contribution is -2.43. The number of pyridine rings is 1. The largest absolute Gasteiger partial charge is 0.343 e. The summed E-state index contributed by atoms with van der Waals surface area (Å²) < 4.78 is 1.50. The van der Waals surface area contributed by atoms with E-state index >= 15 is 0 Å². The van der Waals surface area contributed by atoms with Gasteiger partial charge in [0.25, 0.3) is 11.5 Å². The summed E-state index contributed by atoms with van der Waals surface area (Å²) >= 11 is 11.9. The van der Waals surface area contributed by atoms with E-state index < -0.39 is 5.91 Å². The van der Waals surface area contributed by atoms with E-state index in [1.54, 1.807) is 30.3 Å². The number of carbonyl (C=O) groups is 2. The average Bonchev–Trinajstić information content (AvgIpc) is 2.62. The van der Waals surface area contributed by atoms with Crippen LogP contribution in [-0.2, 0) is 24.8 Å². The fraction of sp³-hybridized carbons (Fsp3) is 0.278. The van der Waals surface area contributed by atoms with Crippen molar-refractivity contribution in [1.29, 1.82) is 0 Å². The lowest BCUT2D eigenvalue weighted by Gasteiger charge is -2.29. The van der Waals surface area contributed by atoms with Crippen LogP contribution in [0.5, 0.6) is 0 Å². The fourth-order valence-electron chi connectivity index (χ4n) is 2.89. The van der Waals surface area contributed by atoms with Gasteiger partial charge in [0.1, 0.15) is 0 Å². The number of hydrogen-bond donors (Lipinski definition) is 1. The van der Waals surface area contributed by atoms with Crippen LogP contribution in [0.4, 0.5) is 0 Å². The Labute approximate surface area is 160 Å². The van der Waals surface area contributed by atoms with Gasteiger partial charge in [-0.05, 0) is 35.7 Å². The third-order valence-corrected chi connectivity index (χ3v) is 4.91. The molecule has 1 aliphatic heterocycles. The molecule has 0 unspecified atom stereocenters. The molecule has 136 valence electrons. The van der Waals surface area contributed by atoms with Crippen LogP contribution in [0, 0.1) is 0 Å². The van der Waals surface area contributed by atoms with E-state index in [9.17, 15) is 14.4 Å². The van der Waals surface area contributed by atoms with Crippen molar-refractivity contribution in [1.82, 2.24) is 14.8 Å². The number of nitrogens with one attached hydrogen (secondary N) is 1. The maximum absolute atomic E-state index is 12.4. The van der Waals surface area contributed by atoms with E-state index in [1.165, 1.54) is 16.7 Å². The smallest absolute Gasteiger partial charge is 0.253 e. The van der Waals surface area contributed by atoms with Gasteiger partial charge in [0.15, 0.2) is 0 Å². The molecule has 1 aromatic heterocycles. The van der Waals surface area contributed by atoms with Gasteiger partial charge in [-0.15, -0.1) is 0 Å². The molecule has 1 aliphatic rings. The number of carbonyl (C=O) groups excluding carboxylic acids is 2. The van der Waals surface area contributed by atoms with Gasteiger partial charge < -0.3 is 14.8 Å². The minimum atomic E-state index is -0.453. The van der Waals surface area contributed by atoms with Crippen LogP contribution in [0.25, 0.3) is 0 Å². The Morgan fingerprint density at radius 2 is 1.96 bits per heavy atom. The standard InChI is InChI=1S/C18H17Cl2N3O3/c1-22-9-12-10-23(5-4-11(12)6-16(22)24)17(25)8-21-18(26)14-7-13(19)2-3-15(14)20/h2-3,6-7,9H,4-5,8,10H2,1H3,(H,21,26). The number of benzene rings is 1. The highest BCUT2D eigenvalue weighted by atomic mass is 35.5. The summed E-state index contributed by atoms with van der Waals surface area (Å²) in [6.45, 7) is 0.783. The molecule has 2 heterocycles. The van der Waals surface area contributed by atoms with Gasteiger partial charge in [-0.2, -0.15) is 0 Å². The normalized spacial score (nSPS) is 13.3. The number of aryl methyl sites for hydroxylation is 1. The molecule has 0 saturated carbocycles. The average molecular weight is 394 g/mol. The van der Waals surface area contributed by atoms with Crippen molar-refractivity contribution < 1.29 is 9.59 Å². The van der Waals surface area contributed by atoms with E-state index in [0.717, 1.165) is 11.1 Å². The van der Waals surface area contributed by atoms with Crippen molar-refractivity contribution in [3.05, 3.63) is 67.6 Å². The summed E-state index contributed by atoms with van der Waals surface area (Å²) in [7, 11) is 1.68. The molecule has 0 aliphatic carbocycles. The topological polar surface area (TPSA) is 71.4 Å². The summed E-state index contributed by atoms with van der Waals surface area (Å²) in [5, 5.41) is 3.24. The SMILES string of the molecule is Cn1cc2c(cc1=O)CCN(C(=O)CNC(=O)c1cc(Cl)ccc1Cl)C2. The summed E-state index contributed by atoms with van der Waals surface area (Å²) in [4.78, 5) is 38.0. The van der Waals surface area contributed by atoms with Crippen molar-refractivity contribution >= 4 is 35.0 Å². The summed E-state index contributed by atoms with van der Waals surface area (Å²) in [5.74, 6) is -0.651. The predicted octanol–water partition coefficient (Wildman–Crippen LogP) is 2.01. The molecule has 1 N–H and O–H groups in total. The second kappa shape index (κ2) is 7.51. The molecule has 0 fully saturated rings. The maximum atomic E-state index is 12.4. The molecule has 6 nitrogen and oxygen atoms in total. The summed E-state index contributed by atoms with van der Waals surface area (Å²) in [6.07, 6.45) is 2.37. The molecule has 3 rings (SSSR count). The van der Waals surface area contributed by atoms with E-state index in [-0.39, 0.29) is 28.6 Å². The van der Waals surface area contributed by atoms with Crippen molar-refractivity contribution in [3.8, 4) is 0 Å². The van der Waals surface area contributed by atoms with Crippen LogP contribution in [0.2, 0.25) is 10.0 Å². The molecule has 0 atom stereocenters. The van der Waals surface area contributed by atoms with Gasteiger partial charge >= 0.3 is 0 Å². The first-order valence-electron chi connectivity index (χ1n) is 8.04. The lowest BCUT2D eigenvalue weighted by molar-refractivity contribution is -0.131. The number of amides is 2. The molecule has 26 heavy (non-hydrogen) atoms. The highest BCUT2D eigenvalue weighted by Crippen LogP contribution is 2.20.